The van der Waals surface area contributed by atoms with E-state index in [4.69, 9.17) is 5.11 Å². The van der Waals surface area contributed by atoms with Gasteiger partial charge in [-0.3, -0.25) is 4.79 Å². The summed E-state index contributed by atoms with van der Waals surface area (Å²) in [7, 11) is 0. The van der Waals surface area contributed by atoms with Crippen molar-refractivity contribution in [3.8, 4) is 0 Å². The molecule has 0 saturated carbocycles. The Bertz CT molecular complexity index is 287. The highest BCUT2D eigenvalue weighted by Gasteiger charge is 2.37. The maximum atomic E-state index is 12.1. The highest BCUT2D eigenvalue weighted by Crippen LogP contribution is 2.22. The Kier molecular flexibility index (Phi) is 3.43. The zero-order chi connectivity index (χ0) is 11.5. The van der Waals surface area contributed by atoms with Crippen LogP contribution in [0.15, 0.2) is 0 Å². The van der Waals surface area contributed by atoms with Gasteiger partial charge in [-0.05, 0) is 32.2 Å². The molecule has 2 N–H and O–H groups in total. The standard InChI is InChI=1S/C11H18N2O3/c14-10(8-3-1-5-12-7-8)13-6-2-4-9(13)11(15)16/h8-9,12H,1-7H2,(H,15,16)/t8?,9-/m0/s1. The molecule has 5 nitrogen and oxygen atoms in total. The SMILES string of the molecule is O=C(O)[C@@H]1CCCN1C(=O)C1CCCNC1. The van der Waals surface area contributed by atoms with Crippen molar-refractivity contribution >= 4 is 11.9 Å². The second kappa shape index (κ2) is 4.82. The molecule has 0 aromatic carbocycles. The number of piperidine rings is 1. The summed E-state index contributed by atoms with van der Waals surface area (Å²) in [4.78, 5) is 24.7. The van der Waals surface area contributed by atoms with E-state index in [0.717, 1.165) is 25.8 Å². The van der Waals surface area contributed by atoms with Gasteiger partial charge in [0.05, 0.1) is 5.92 Å². The Morgan fingerprint density at radius 1 is 1.25 bits per heavy atom. The highest BCUT2D eigenvalue weighted by molar-refractivity contribution is 5.85. The van der Waals surface area contributed by atoms with Crippen LogP contribution in [0, 0.1) is 5.92 Å². The summed E-state index contributed by atoms with van der Waals surface area (Å²) < 4.78 is 0. The number of carboxylic acid groups (broad SMARTS) is 1. The molecule has 0 aliphatic carbocycles. The lowest BCUT2D eigenvalue weighted by Crippen LogP contribution is -2.47. The second-order valence-electron chi connectivity index (χ2n) is 4.57. The molecule has 2 rings (SSSR count). The Labute approximate surface area is 94.8 Å². The van der Waals surface area contributed by atoms with Gasteiger partial charge in [-0.25, -0.2) is 4.79 Å². The molecule has 1 unspecified atom stereocenters. The van der Waals surface area contributed by atoms with E-state index in [1.807, 2.05) is 0 Å². The average Bonchev–Trinajstić information content (AvgIpc) is 2.78. The lowest BCUT2D eigenvalue weighted by atomic mass is 9.98. The average molecular weight is 226 g/mol. The van der Waals surface area contributed by atoms with Gasteiger partial charge in [0, 0.05) is 13.1 Å². The van der Waals surface area contributed by atoms with Crippen LogP contribution in [-0.2, 0) is 9.59 Å². The summed E-state index contributed by atoms with van der Waals surface area (Å²) in [6.45, 7) is 2.26. The quantitative estimate of drug-likeness (QED) is 0.698. The minimum absolute atomic E-state index is 0.0197. The minimum Gasteiger partial charge on any atom is -0.480 e. The first-order chi connectivity index (χ1) is 7.70. The van der Waals surface area contributed by atoms with Gasteiger partial charge in [0.1, 0.15) is 6.04 Å². The van der Waals surface area contributed by atoms with Crippen LogP contribution in [0.4, 0.5) is 0 Å². The molecule has 2 aliphatic rings. The molecule has 16 heavy (non-hydrogen) atoms. The number of aliphatic carboxylic acids is 1. The van der Waals surface area contributed by atoms with Crippen LogP contribution < -0.4 is 5.32 Å². The Hall–Kier alpha value is -1.10. The number of hydrogen-bond acceptors (Lipinski definition) is 3. The van der Waals surface area contributed by atoms with Crippen molar-refractivity contribution in [2.45, 2.75) is 31.7 Å². The third-order valence-corrected chi connectivity index (χ3v) is 3.47. The molecule has 1 amide bonds. The van der Waals surface area contributed by atoms with Gasteiger partial charge in [0.2, 0.25) is 5.91 Å². The van der Waals surface area contributed by atoms with Gasteiger partial charge >= 0.3 is 5.97 Å². The smallest absolute Gasteiger partial charge is 0.326 e. The van der Waals surface area contributed by atoms with Crippen LogP contribution in [0.5, 0.6) is 0 Å². The summed E-state index contributed by atoms with van der Waals surface area (Å²) in [6.07, 6.45) is 3.29. The summed E-state index contributed by atoms with van der Waals surface area (Å²) in [5.74, 6) is -0.861. The molecule has 0 aromatic rings. The van der Waals surface area contributed by atoms with Gasteiger partial charge in [-0.15, -0.1) is 0 Å². The molecule has 2 saturated heterocycles. The highest BCUT2D eigenvalue weighted by atomic mass is 16.4. The largest absolute Gasteiger partial charge is 0.480 e. The van der Waals surface area contributed by atoms with Crippen LogP contribution in [0.2, 0.25) is 0 Å². The molecule has 5 heteroatoms. The van der Waals surface area contributed by atoms with E-state index in [2.05, 4.69) is 5.32 Å². The fourth-order valence-corrected chi connectivity index (χ4v) is 2.58. The molecule has 90 valence electrons. The number of nitrogens with one attached hydrogen (secondary N) is 1. The fraction of sp³-hybridized carbons (Fsp3) is 0.818. The number of likely N-dealkylation sites (tertiary alicyclic amines) is 1. The Morgan fingerprint density at radius 3 is 2.69 bits per heavy atom. The number of carbonyl (C=O) groups excluding carboxylic acids is 1. The number of nitrogens with zero attached hydrogens (tertiary/aromatic N) is 1. The van der Waals surface area contributed by atoms with Crippen LogP contribution in [0.3, 0.4) is 0 Å². The second-order valence-corrected chi connectivity index (χ2v) is 4.57. The first kappa shape index (κ1) is 11.4. The summed E-state index contributed by atoms with van der Waals surface area (Å²) in [5.41, 5.74) is 0. The lowest BCUT2D eigenvalue weighted by molar-refractivity contribution is -0.150. The normalized spacial score (nSPS) is 30.4. The van der Waals surface area contributed by atoms with Crippen LogP contribution in [0.1, 0.15) is 25.7 Å². The monoisotopic (exact) mass is 226 g/mol. The molecule has 0 aromatic heterocycles. The topological polar surface area (TPSA) is 69.6 Å². The van der Waals surface area contributed by atoms with Crippen molar-refractivity contribution in [3.05, 3.63) is 0 Å². The lowest BCUT2D eigenvalue weighted by Gasteiger charge is -2.29. The van der Waals surface area contributed by atoms with Crippen molar-refractivity contribution in [2.75, 3.05) is 19.6 Å². The van der Waals surface area contributed by atoms with Crippen LogP contribution >= 0.6 is 0 Å². The van der Waals surface area contributed by atoms with Gasteiger partial charge in [-0.1, -0.05) is 0 Å². The van der Waals surface area contributed by atoms with Crippen LogP contribution in [-0.4, -0.2) is 47.6 Å². The molecule has 2 fully saturated rings. The van der Waals surface area contributed by atoms with Gasteiger partial charge in [-0.2, -0.15) is 0 Å². The van der Waals surface area contributed by atoms with Crippen molar-refractivity contribution in [1.29, 1.82) is 0 Å². The Morgan fingerprint density at radius 2 is 2.06 bits per heavy atom. The molecular weight excluding hydrogens is 208 g/mol. The van der Waals surface area contributed by atoms with E-state index in [0.29, 0.717) is 19.5 Å². The fourth-order valence-electron chi connectivity index (χ4n) is 2.58. The van der Waals surface area contributed by atoms with E-state index < -0.39 is 12.0 Å². The Balaban J connectivity index is 1.99. The maximum absolute atomic E-state index is 12.1. The van der Waals surface area contributed by atoms with Gasteiger partial charge < -0.3 is 15.3 Å². The maximum Gasteiger partial charge on any atom is 0.326 e. The van der Waals surface area contributed by atoms with E-state index in [9.17, 15) is 9.59 Å². The predicted molar refractivity (Wildman–Crippen MR) is 58.0 cm³/mol. The molecule has 0 radical (unpaired) electrons. The summed E-state index contributed by atoms with van der Waals surface area (Å²) >= 11 is 0. The number of carboxylic acids is 1. The third kappa shape index (κ3) is 2.19. The summed E-state index contributed by atoms with van der Waals surface area (Å²) in [5, 5.41) is 12.2. The predicted octanol–water partition coefficient (Wildman–Crippen LogP) is 0.0616. The molecule has 2 atom stereocenters. The molecular formula is C11H18N2O3. The number of rotatable bonds is 2. The van der Waals surface area contributed by atoms with E-state index >= 15 is 0 Å². The number of amides is 1. The van der Waals surface area contributed by atoms with Crippen molar-refractivity contribution in [2.24, 2.45) is 5.92 Å². The van der Waals surface area contributed by atoms with E-state index in [-0.39, 0.29) is 11.8 Å². The zero-order valence-electron chi connectivity index (χ0n) is 9.32. The zero-order valence-corrected chi connectivity index (χ0v) is 9.32. The van der Waals surface area contributed by atoms with Crippen molar-refractivity contribution in [1.82, 2.24) is 10.2 Å². The number of carbonyl (C=O) groups is 2. The number of hydrogen-bond donors (Lipinski definition) is 2. The molecule has 0 spiro atoms. The first-order valence-electron chi connectivity index (χ1n) is 5.94. The minimum atomic E-state index is -0.866. The molecule has 2 heterocycles. The summed E-state index contributed by atoms with van der Waals surface area (Å²) in [6, 6.07) is -0.588. The van der Waals surface area contributed by atoms with E-state index in [1.54, 1.807) is 4.90 Å². The third-order valence-electron chi connectivity index (χ3n) is 3.47. The van der Waals surface area contributed by atoms with Crippen molar-refractivity contribution < 1.29 is 14.7 Å². The molecule has 0 bridgehead atoms. The van der Waals surface area contributed by atoms with Crippen molar-refractivity contribution in [3.63, 3.8) is 0 Å². The first-order valence-corrected chi connectivity index (χ1v) is 5.94. The van der Waals surface area contributed by atoms with Gasteiger partial charge in [0.15, 0.2) is 0 Å². The van der Waals surface area contributed by atoms with Gasteiger partial charge in [0.25, 0.3) is 0 Å². The van der Waals surface area contributed by atoms with Crippen LogP contribution in [0.25, 0.3) is 0 Å². The van der Waals surface area contributed by atoms with E-state index in [1.165, 1.54) is 0 Å². The molecule has 2 aliphatic heterocycles.